The molecule has 2 N–H and O–H groups in total. The monoisotopic (exact) mass is 431 g/mol. The van der Waals surface area contributed by atoms with Crippen LogP contribution in [0.2, 0.25) is 0 Å². The molecule has 0 bridgehead atoms. The number of amides is 1. The fourth-order valence-electron chi connectivity index (χ4n) is 3.28. The zero-order chi connectivity index (χ0) is 19.9. The molecule has 0 aromatic heterocycles. The predicted octanol–water partition coefficient (Wildman–Crippen LogP) is 2.97. The Balaban J connectivity index is 0.00000392. The van der Waals surface area contributed by atoms with Gasteiger partial charge in [-0.2, -0.15) is 4.31 Å². The van der Waals surface area contributed by atoms with Crippen molar-refractivity contribution in [1.29, 1.82) is 0 Å². The summed E-state index contributed by atoms with van der Waals surface area (Å²) in [7, 11) is -3.50. The number of sulfonamides is 1. The molecule has 1 aliphatic heterocycles. The number of unbranched alkanes of at least 4 members (excludes halogenated alkanes) is 3. The normalized spacial score (nSPS) is 15.5. The highest BCUT2D eigenvalue weighted by atomic mass is 35.5. The number of hydrogen-bond acceptors (Lipinski definition) is 4. The standard InChI is InChI=1S/C20H33N3O3S.ClH/c1-17(2)18-8-10-19(11-9-18)27(25,26)23-15-13-22(14-16-23)20(24)7-5-3-4-6-12-21;/h8-11,17H,3-7,12-16,21H2,1-2H3;1H. The summed E-state index contributed by atoms with van der Waals surface area (Å²) >= 11 is 0. The van der Waals surface area contributed by atoms with Crippen LogP contribution >= 0.6 is 12.4 Å². The van der Waals surface area contributed by atoms with Crippen molar-refractivity contribution in [2.75, 3.05) is 32.7 Å². The van der Waals surface area contributed by atoms with E-state index in [1.54, 1.807) is 17.0 Å². The van der Waals surface area contributed by atoms with E-state index >= 15 is 0 Å². The van der Waals surface area contributed by atoms with Gasteiger partial charge in [0.1, 0.15) is 0 Å². The van der Waals surface area contributed by atoms with Gasteiger partial charge in [0, 0.05) is 32.6 Å². The largest absolute Gasteiger partial charge is 0.340 e. The topological polar surface area (TPSA) is 83.7 Å². The quantitative estimate of drug-likeness (QED) is 0.609. The zero-order valence-corrected chi connectivity index (χ0v) is 18.6. The van der Waals surface area contributed by atoms with Gasteiger partial charge in [-0.1, -0.05) is 38.8 Å². The number of nitrogens with zero attached hydrogens (tertiary/aromatic N) is 2. The van der Waals surface area contributed by atoms with Crippen LogP contribution in [0.25, 0.3) is 0 Å². The highest BCUT2D eigenvalue weighted by molar-refractivity contribution is 7.89. The van der Waals surface area contributed by atoms with Gasteiger partial charge < -0.3 is 10.6 Å². The maximum Gasteiger partial charge on any atom is 0.243 e. The Morgan fingerprint density at radius 1 is 1.00 bits per heavy atom. The third-order valence-corrected chi connectivity index (χ3v) is 7.03. The molecule has 1 fully saturated rings. The molecule has 160 valence electrons. The molecule has 0 atom stereocenters. The summed E-state index contributed by atoms with van der Waals surface area (Å²) in [5, 5.41) is 0. The molecule has 1 heterocycles. The molecular formula is C20H34ClN3O3S. The van der Waals surface area contributed by atoms with E-state index in [2.05, 4.69) is 13.8 Å². The first-order chi connectivity index (χ1) is 12.9. The first-order valence-electron chi connectivity index (χ1n) is 9.94. The number of nitrogens with two attached hydrogens (primary N) is 1. The van der Waals surface area contributed by atoms with Crippen molar-refractivity contribution >= 4 is 28.3 Å². The van der Waals surface area contributed by atoms with E-state index in [-0.39, 0.29) is 18.3 Å². The number of hydrogen-bond donors (Lipinski definition) is 1. The summed E-state index contributed by atoms with van der Waals surface area (Å²) in [5.74, 6) is 0.493. The van der Waals surface area contributed by atoms with E-state index in [0.717, 1.165) is 31.2 Å². The summed E-state index contributed by atoms with van der Waals surface area (Å²) in [5.41, 5.74) is 6.59. The van der Waals surface area contributed by atoms with Crippen molar-refractivity contribution in [3.8, 4) is 0 Å². The lowest BCUT2D eigenvalue weighted by atomic mass is 10.0. The lowest BCUT2D eigenvalue weighted by Gasteiger charge is -2.34. The van der Waals surface area contributed by atoms with Gasteiger partial charge in [0.05, 0.1) is 4.90 Å². The molecule has 28 heavy (non-hydrogen) atoms. The van der Waals surface area contributed by atoms with Gasteiger partial charge in [-0.3, -0.25) is 4.79 Å². The minimum atomic E-state index is -3.50. The fourth-order valence-corrected chi connectivity index (χ4v) is 4.71. The van der Waals surface area contributed by atoms with Crippen molar-refractivity contribution < 1.29 is 13.2 Å². The van der Waals surface area contributed by atoms with Crippen LogP contribution in [-0.2, 0) is 14.8 Å². The second-order valence-electron chi connectivity index (χ2n) is 7.46. The molecule has 1 aliphatic rings. The third kappa shape index (κ3) is 6.72. The first-order valence-corrected chi connectivity index (χ1v) is 11.4. The maximum atomic E-state index is 12.8. The highest BCUT2D eigenvalue weighted by Crippen LogP contribution is 2.21. The molecule has 1 amide bonds. The summed E-state index contributed by atoms with van der Waals surface area (Å²) in [4.78, 5) is 14.4. The summed E-state index contributed by atoms with van der Waals surface area (Å²) in [6.07, 6.45) is 4.49. The predicted molar refractivity (Wildman–Crippen MR) is 115 cm³/mol. The number of carbonyl (C=O) groups excluding carboxylic acids is 1. The number of rotatable bonds is 9. The molecular weight excluding hydrogens is 398 g/mol. The second kappa shape index (κ2) is 11.8. The van der Waals surface area contributed by atoms with Gasteiger partial charge in [0.2, 0.25) is 15.9 Å². The van der Waals surface area contributed by atoms with Crippen molar-refractivity contribution in [2.24, 2.45) is 5.73 Å². The molecule has 6 nitrogen and oxygen atoms in total. The van der Waals surface area contributed by atoms with Crippen molar-refractivity contribution in [2.45, 2.75) is 56.8 Å². The smallest absolute Gasteiger partial charge is 0.243 e. The molecule has 0 aliphatic carbocycles. The maximum absolute atomic E-state index is 12.8. The fraction of sp³-hybridized carbons (Fsp3) is 0.650. The summed E-state index contributed by atoms with van der Waals surface area (Å²) in [6.45, 7) is 6.50. The molecule has 1 aromatic carbocycles. The minimum absolute atomic E-state index is 0. The highest BCUT2D eigenvalue weighted by Gasteiger charge is 2.29. The summed E-state index contributed by atoms with van der Waals surface area (Å²) in [6, 6.07) is 7.12. The van der Waals surface area contributed by atoms with Crippen LogP contribution in [0.1, 0.15) is 57.4 Å². The number of benzene rings is 1. The Hall–Kier alpha value is -1.15. The SMILES string of the molecule is CC(C)c1ccc(S(=O)(=O)N2CCN(C(=O)CCCCCCN)CC2)cc1.Cl. The second-order valence-corrected chi connectivity index (χ2v) is 9.40. The van der Waals surface area contributed by atoms with Crippen molar-refractivity contribution in [3.63, 3.8) is 0 Å². The number of halogens is 1. The average molecular weight is 432 g/mol. The molecule has 0 radical (unpaired) electrons. The molecule has 2 rings (SSSR count). The Labute approximate surface area is 175 Å². The van der Waals surface area contributed by atoms with Crippen molar-refractivity contribution in [3.05, 3.63) is 29.8 Å². The third-order valence-electron chi connectivity index (χ3n) is 5.12. The van der Waals surface area contributed by atoms with E-state index in [4.69, 9.17) is 5.73 Å². The lowest BCUT2D eigenvalue weighted by molar-refractivity contribution is -0.132. The van der Waals surface area contributed by atoms with Gasteiger partial charge in [-0.05, 0) is 43.0 Å². The van der Waals surface area contributed by atoms with Crippen LogP contribution in [0.5, 0.6) is 0 Å². The van der Waals surface area contributed by atoms with E-state index in [9.17, 15) is 13.2 Å². The molecule has 8 heteroatoms. The Kier molecular flexibility index (Phi) is 10.4. The molecule has 0 saturated carbocycles. The number of carbonyl (C=O) groups is 1. The van der Waals surface area contributed by atoms with E-state index < -0.39 is 10.0 Å². The van der Waals surface area contributed by atoms with Gasteiger partial charge in [0.25, 0.3) is 0 Å². The first kappa shape index (κ1) is 24.9. The summed E-state index contributed by atoms with van der Waals surface area (Å²) < 4.78 is 27.1. The van der Waals surface area contributed by atoms with Gasteiger partial charge in [-0.25, -0.2) is 8.42 Å². The average Bonchev–Trinajstić information content (AvgIpc) is 2.67. The van der Waals surface area contributed by atoms with E-state index in [1.165, 1.54) is 4.31 Å². The molecule has 0 spiro atoms. The lowest BCUT2D eigenvalue weighted by Crippen LogP contribution is -2.50. The molecule has 1 saturated heterocycles. The van der Waals surface area contributed by atoms with Crippen LogP contribution in [0.4, 0.5) is 0 Å². The van der Waals surface area contributed by atoms with Crippen LogP contribution in [-0.4, -0.2) is 56.3 Å². The Bertz CT molecular complexity index is 700. The Morgan fingerprint density at radius 2 is 1.57 bits per heavy atom. The Morgan fingerprint density at radius 3 is 2.11 bits per heavy atom. The van der Waals surface area contributed by atoms with Crippen molar-refractivity contribution in [1.82, 2.24) is 9.21 Å². The van der Waals surface area contributed by atoms with Gasteiger partial charge in [-0.15, -0.1) is 12.4 Å². The minimum Gasteiger partial charge on any atom is -0.340 e. The van der Waals surface area contributed by atoms with E-state index in [0.29, 0.717) is 50.0 Å². The van der Waals surface area contributed by atoms with Gasteiger partial charge in [0.15, 0.2) is 0 Å². The van der Waals surface area contributed by atoms with Gasteiger partial charge >= 0.3 is 0 Å². The van der Waals surface area contributed by atoms with E-state index in [1.807, 2.05) is 12.1 Å². The van der Waals surface area contributed by atoms with Crippen LogP contribution in [0.15, 0.2) is 29.2 Å². The van der Waals surface area contributed by atoms with Crippen LogP contribution in [0, 0.1) is 0 Å². The molecule has 0 unspecified atom stereocenters. The zero-order valence-electron chi connectivity index (χ0n) is 17.0. The van der Waals surface area contributed by atoms with Crippen LogP contribution in [0.3, 0.4) is 0 Å². The number of piperazine rings is 1. The molecule has 1 aromatic rings. The van der Waals surface area contributed by atoms with Crippen LogP contribution < -0.4 is 5.73 Å².